The summed E-state index contributed by atoms with van der Waals surface area (Å²) in [7, 11) is 0. The fourth-order valence-electron chi connectivity index (χ4n) is 1.86. The van der Waals surface area contributed by atoms with Crippen LogP contribution in [0.2, 0.25) is 0 Å². The van der Waals surface area contributed by atoms with E-state index in [9.17, 15) is 0 Å². The SMILES string of the molecule is NCCCCCCNc1ccc2c(c1)OCO2. The van der Waals surface area contributed by atoms with Crippen molar-refractivity contribution in [3.05, 3.63) is 18.2 Å². The largest absolute Gasteiger partial charge is 0.454 e. The van der Waals surface area contributed by atoms with Crippen LogP contribution in [0.1, 0.15) is 25.7 Å². The highest BCUT2D eigenvalue weighted by molar-refractivity contribution is 5.55. The summed E-state index contributed by atoms with van der Waals surface area (Å²) < 4.78 is 10.6. The fraction of sp³-hybridized carbons (Fsp3) is 0.538. The molecule has 0 saturated carbocycles. The van der Waals surface area contributed by atoms with E-state index < -0.39 is 0 Å². The number of unbranched alkanes of at least 4 members (excludes halogenated alkanes) is 3. The third-order valence-corrected chi connectivity index (χ3v) is 2.83. The summed E-state index contributed by atoms with van der Waals surface area (Å²) in [6, 6.07) is 5.95. The maximum atomic E-state index is 5.44. The van der Waals surface area contributed by atoms with E-state index in [4.69, 9.17) is 15.2 Å². The molecule has 1 aromatic carbocycles. The van der Waals surface area contributed by atoms with Gasteiger partial charge in [0.2, 0.25) is 6.79 Å². The molecule has 0 bridgehead atoms. The van der Waals surface area contributed by atoms with E-state index in [1.807, 2.05) is 18.2 Å². The molecule has 3 N–H and O–H groups in total. The Balaban J connectivity index is 1.69. The molecule has 0 aromatic heterocycles. The zero-order valence-electron chi connectivity index (χ0n) is 10.1. The van der Waals surface area contributed by atoms with Gasteiger partial charge in [-0.3, -0.25) is 0 Å². The van der Waals surface area contributed by atoms with Gasteiger partial charge in [-0.1, -0.05) is 12.8 Å². The van der Waals surface area contributed by atoms with Crippen LogP contribution in [0.3, 0.4) is 0 Å². The molecule has 0 spiro atoms. The molecule has 1 aromatic rings. The molecule has 94 valence electrons. The first-order valence-electron chi connectivity index (χ1n) is 6.24. The van der Waals surface area contributed by atoms with Crippen molar-refractivity contribution in [2.45, 2.75) is 25.7 Å². The predicted molar refractivity (Wildman–Crippen MR) is 68.6 cm³/mol. The Labute approximate surface area is 102 Å². The van der Waals surface area contributed by atoms with Crippen molar-refractivity contribution >= 4 is 5.69 Å². The normalized spacial score (nSPS) is 12.8. The monoisotopic (exact) mass is 236 g/mol. The van der Waals surface area contributed by atoms with Crippen molar-refractivity contribution in [1.82, 2.24) is 0 Å². The van der Waals surface area contributed by atoms with Crippen LogP contribution in [0.25, 0.3) is 0 Å². The number of nitrogens with two attached hydrogens (primary N) is 1. The molecule has 0 fully saturated rings. The van der Waals surface area contributed by atoms with Crippen LogP contribution in [-0.4, -0.2) is 19.9 Å². The zero-order valence-corrected chi connectivity index (χ0v) is 10.1. The van der Waals surface area contributed by atoms with Crippen LogP contribution >= 0.6 is 0 Å². The minimum atomic E-state index is 0.331. The molecule has 17 heavy (non-hydrogen) atoms. The van der Waals surface area contributed by atoms with Crippen molar-refractivity contribution in [3.8, 4) is 11.5 Å². The van der Waals surface area contributed by atoms with Crippen molar-refractivity contribution in [1.29, 1.82) is 0 Å². The van der Waals surface area contributed by atoms with Gasteiger partial charge < -0.3 is 20.5 Å². The summed E-state index contributed by atoms with van der Waals surface area (Å²) in [5.41, 5.74) is 6.54. The molecule has 1 aliphatic rings. The molecule has 0 amide bonds. The molecule has 4 nitrogen and oxygen atoms in total. The first-order chi connectivity index (χ1) is 8.40. The van der Waals surface area contributed by atoms with Gasteiger partial charge in [-0.2, -0.15) is 0 Å². The van der Waals surface area contributed by atoms with Crippen LogP contribution in [0, 0.1) is 0 Å². The van der Waals surface area contributed by atoms with Gasteiger partial charge in [-0.25, -0.2) is 0 Å². The predicted octanol–water partition coefficient (Wildman–Crippen LogP) is 2.35. The van der Waals surface area contributed by atoms with Crippen LogP contribution in [0.5, 0.6) is 11.5 Å². The molecule has 0 radical (unpaired) electrons. The number of anilines is 1. The van der Waals surface area contributed by atoms with E-state index in [0.717, 1.165) is 36.7 Å². The fourth-order valence-corrected chi connectivity index (χ4v) is 1.86. The van der Waals surface area contributed by atoms with Gasteiger partial charge in [0, 0.05) is 18.3 Å². The van der Waals surface area contributed by atoms with Gasteiger partial charge in [0.25, 0.3) is 0 Å². The third-order valence-electron chi connectivity index (χ3n) is 2.83. The lowest BCUT2D eigenvalue weighted by molar-refractivity contribution is 0.174. The van der Waals surface area contributed by atoms with Gasteiger partial charge in [0.1, 0.15) is 0 Å². The molecular formula is C13H20N2O2. The average Bonchev–Trinajstić information content (AvgIpc) is 2.81. The number of hydrogen-bond acceptors (Lipinski definition) is 4. The zero-order chi connectivity index (χ0) is 11.9. The summed E-state index contributed by atoms with van der Waals surface area (Å²) >= 11 is 0. The average molecular weight is 236 g/mol. The standard InChI is InChI=1S/C13H20N2O2/c14-7-3-1-2-4-8-15-11-5-6-12-13(9-11)17-10-16-12/h5-6,9,15H,1-4,7-8,10,14H2. The third kappa shape index (κ3) is 3.53. The van der Waals surface area contributed by atoms with E-state index >= 15 is 0 Å². The Hall–Kier alpha value is -1.42. The number of rotatable bonds is 7. The first kappa shape index (κ1) is 12.0. The van der Waals surface area contributed by atoms with Gasteiger partial charge in [0.15, 0.2) is 11.5 Å². The second kappa shape index (κ2) is 6.35. The molecule has 4 heteroatoms. The summed E-state index contributed by atoms with van der Waals surface area (Å²) in [4.78, 5) is 0. The molecular weight excluding hydrogens is 216 g/mol. The molecule has 1 aliphatic heterocycles. The van der Waals surface area contributed by atoms with E-state index in [1.54, 1.807) is 0 Å². The summed E-state index contributed by atoms with van der Waals surface area (Å²) in [5.74, 6) is 1.66. The lowest BCUT2D eigenvalue weighted by atomic mass is 10.2. The van der Waals surface area contributed by atoms with E-state index in [-0.39, 0.29) is 0 Å². The molecule has 0 unspecified atom stereocenters. The van der Waals surface area contributed by atoms with Gasteiger partial charge in [-0.05, 0) is 31.5 Å². The first-order valence-corrected chi connectivity index (χ1v) is 6.24. The summed E-state index contributed by atoms with van der Waals surface area (Å²) in [6.07, 6.45) is 4.76. The van der Waals surface area contributed by atoms with Crippen LogP contribution < -0.4 is 20.5 Å². The minimum Gasteiger partial charge on any atom is -0.454 e. The summed E-state index contributed by atoms with van der Waals surface area (Å²) in [5, 5.41) is 3.38. The molecule has 2 rings (SSSR count). The molecule has 0 atom stereocenters. The smallest absolute Gasteiger partial charge is 0.231 e. The van der Waals surface area contributed by atoms with Gasteiger partial charge in [0.05, 0.1) is 0 Å². The number of ether oxygens (including phenoxy) is 2. The van der Waals surface area contributed by atoms with E-state index in [1.165, 1.54) is 19.3 Å². The minimum absolute atomic E-state index is 0.331. The van der Waals surface area contributed by atoms with Gasteiger partial charge in [-0.15, -0.1) is 0 Å². The van der Waals surface area contributed by atoms with Crippen LogP contribution in [-0.2, 0) is 0 Å². The molecule has 0 aliphatic carbocycles. The summed E-state index contributed by atoms with van der Waals surface area (Å²) in [6.45, 7) is 2.12. The number of benzene rings is 1. The van der Waals surface area contributed by atoms with Crippen molar-refractivity contribution in [3.63, 3.8) is 0 Å². The molecule has 1 heterocycles. The number of fused-ring (bicyclic) bond motifs is 1. The maximum absolute atomic E-state index is 5.44. The Morgan fingerprint density at radius 1 is 1.06 bits per heavy atom. The Kier molecular flexibility index (Phi) is 4.50. The van der Waals surface area contributed by atoms with E-state index in [2.05, 4.69) is 5.32 Å². The quantitative estimate of drug-likeness (QED) is 0.713. The highest BCUT2D eigenvalue weighted by Crippen LogP contribution is 2.34. The van der Waals surface area contributed by atoms with Crippen molar-refractivity contribution in [2.75, 3.05) is 25.2 Å². The highest BCUT2D eigenvalue weighted by Gasteiger charge is 2.12. The lowest BCUT2D eigenvalue weighted by Gasteiger charge is -2.06. The topological polar surface area (TPSA) is 56.5 Å². The Morgan fingerprint density at radius 3 is 2.76 bits per heavy atom. The highest BCUT2D eigenvalue weighted by atomic mass is 16.7. The number of nitrogens with one attached hydrogen (secondary N) is 1. The van der Waals surface area contributed by atoms with Crippen LogP contribution in [0.15, 0.2) is 18.2 Å². The molecule has 0 saturated heterocycles. The van der Waals surface area contributed by atoms with E-state index in [0.29, 0.717) is 6.79 Å². The maximum Gasteiger partial charge on any atom is 0.231 e. The Bertz CT molecular complexity index is 355. The lowest BCUT2D eigenvalue weighted by Crippen LogP contribution is -2.02. The van der Waals surface area contributed by atoms with Gasteiger partial charge >= 0.3 is 0 Å². The van der Waals surface area contributed by atoms with Crippen molar-refractivity contribution < 1.29 is 9.47 Å². The second-order valence-corrected chi connectivity index (χ2v) is 4.20. The number of hydrogen-bond donors (Lipinski definition) is 2. The van der Waals surface area contributed by atoms with Crippen LogP contribution in [0.4, 0.5) is 5.69 Å². The Morgan fingerprint density at radius 2 is 1.88 bits per heavy atom. The van der Waals surface area contributed by atoms with Crippen molar-refractivity contribution in [2.24, 2.45) is 5.73 Å². The second-order valence-electron chi connectivity index (χ2n) is 4.20.